The molecule has 8 heteroatoms. The summed E-state index contributed by atoms with van der Waals surface area (Å²) in [5.74, 6) is 0.162. The van der Waals surface area contributed by atoms with Crippen LogP contribution in [-0.4, -0.2) is 44.0 Å². The molecule has 20 heavy (non-hydrogen) atoms. The van der Waals surface area contributed by atoms with E-state index in [0.29, 0.717) is 18.3 Å². The zero-order chi connectivity index (χ0) is 14.6. The van der Waals surface area contributed by atoms with Gasteiger partial charge in [-0.2, -0.15) is 0 Å². The van der Waals surface area contributed by atoms with Crippen molar-refractivity contribution in [3.05, 3.63) is 0 Å². The van der Waals surface area contributed by atoms with Crippen LogP contribution in [-0.2, 0) is 4.79 Å². The molecule has 1 saturated carbocycles. The second-order valence-corrected chi connectivity index (χ2v) is 6.30. The molecule has 0 saturated heterocycles. The van der Waals surface area contributed by atoms with E-state index < -0.39 is 5.54 Å². The lowest BCUT2D eigenvalue weighted by atomic mass is 10.1. The van der Waals surface area contributed by atoms with Gasteiger partial charge < -0.3 is 11.1 Å². The highest BCUT2D eigenvalue weighted by Gasteiger charge is 2.31. The molecule has 112 valence electrons. The average Bonchev–Trinajstić information content (AvgIpc) is 3.07. The first-order chi connectivity index (χ1) is 9.57. The predicted molar refractivity (Wildman–Crippen MR) is 77.3 cm³/mol. The number of hydrogen-bond acceptors (Lipinski definition) is 6. The number of aromatic nitrogens is 4. The highest BCUT2D eigenvalue weighted by atomic mass is 32.2. The molecular weight excluding hydrogens is 276 g/mol. The van der Waals surface area contributed by atoms with Crippen molar-refractivity contribution >= 4 is 17.7 Å². The summed E-state index contributed by atoms with van der Waals surface area (Å²) in [5.41, 5.74) is 4.74. The summed E-state index contributed by atoms with van der Waals surface area (Å²) in [5, 5.41) is 15.8. The molecule has 1 aliphatic rings. The van der Waals surface area contributed by atoms with Crippen LogP contribution in [0, 0.1) is 0 Å². The fourth-order valence-corrected chi connectivity index (χ4v) is 3.54. The van der Waals surface area contributed by atoms with Crippen LogP contribution in [0.1, 0.15) is 45.6 Å². The number of tetrazole rings is 1. The van der Waals surface area contributed by atoms with Gasteiger partial charge in [0.05, 0.1) is 6.04 Å². The zero-order valence-corrected chi connectivity index (χ0v) is 12.8. The number of nitrogens with one attached hydrogen (secondary N) is 1. The number of primary amides is 1. The average molecular weight is 298 g/mol. The molecular formula is C12H22N6OS. The van der Waals surface area contributed by atoms with Crippen LogP contribution in [0.3, 0.4) is 0 Å². The van der Waals surface area contributed by atoms with E-state index in [-0.39, 0.29) is 5.91 Å². The summed E-state index contributed by atoms with van der Waals surface area (Å²) in [6.45, 7) is 4.46. The van der Waals surface area contributed by atoms with E-state index in [1.807, 2.05) is 18.5 Å². The molecule has 1 unspecified atom stereocenters. The quantitative estimate of drug-likeness (QED) is 0.720. The van der Waals surface area contributed by atoms with Crippen LogP contribution in [0.5, 0.6) is 0 Å². The van der Waals surface area contributed by atoms with Gasteiger partial charge in [0.15, 0.2) is 0 Å². The summed E-state index contributed by atoms with van der Waals surface area (Å²) in [6.07, 6.45) is 4.70. The molecule has 1 aromatic rings. The minimum absolute atomic E-state index is 0.355. The van der Waals surface area contributed by atoms with E-state index in [9.17, 15) is 4.79 Å². The first-order valence-electron chi connectivity index (χ1n) is 7.02. The second kappa shape index (κ2) is 6.53. The fraction of sp³-hybridized carbons (Fsp3) is 0.833. The van der Waals surface area contributed by atoms with Gasteiger partial charge in [-0.1, -0.05) is 31.5 Å². The highest BCUT2D eigenvalue weighted by Crippen LogP contribution is 2.32. The Morgan fingerprint density at radius 1 is 1.55 bits per heavy atom. The predicted octanol–water partition coefficient (Wildman–Crippen LogP) is 0.734. The van der Waals surface area contributed by atoms with E-state index in [2.05, 4.69) is 20.8 Å². The maximum atomic E-state index is 11.6. The number of thioether (sulfide) groups is 1. The minimum Gasteiger partial charge on any atom is -0.368 e. The van der Waals surface area contributed by atoms with Crippen LogP contribution < -0.4 is 11.1 Å². The van der Waals surface area contributed by atoms with Crippen LogP contribution in [0.2, 0.25) is 0 Å². The molecule has 1 atom stereocenters. The molecule has 0 aromatic carbocycles. The number of nitrogens with zero attached hydrogens (tertiary/aromatic N) is 4. The maximum Gasteiger partial charge on any atom is 0.238 e. The standard InChI is InChI=1S/C12H22N6OS/c1-3-14-12(2,10(13)19)8-20-11-15-16-17-18(11)9-6-4-5-7-9/h9,14H,3-8H2,1-2H3,(H2,13,19). The third-order valence-corrected chi connectivity index (χ3v) is 4.98. The van der Waals surface area contributed by atoms with Gasteiger partial charge in [-0.05, 0) is 36.7 Å². The summed E-state index contributed by atoms with van der Waals surface area (Å²) in [7, 11) is 0. The molecule has 3 N–H and O–H groups in total. The molecule has 1 aliphatic carbocycles. The van der Waals surface area contributed by atoms with Gasteiger partial charge in [-0.25, -0.2) is 4.68 Å². The van der Waals surface area contributed by atoms with Crippen molar-refractivity contribution in [3.8, 4) is 0 Å². The van der Waals surface area contributed by atoms with Gasteiger partial charge in [-0.15, -0.1) is 5.10 Å². The number of carbonyl (C=O) groups is 1. The molecule has 1 heterocycles. The van der Waals surface area contributed by atoms with Crippen molar-refractivity contribution < 1.29 is 4.79 Å². The van der Waals surface area contributed by atoms with Crippen molar-refractivity contribution in [1.82, 2.24) is 25.5 Å². The summed E-state index contributed by atoms with van der Waals surface area (Å²) in [4.78, 5) is 11.6. The van der Waals surface area contributed by atoms with Gasteiger partial charge >= 0.3 is 0 Å². The zero-order valence-electron chi connectivity index (χ0n) is 12.0. The first-order valence-corrected chi connectivity index (χ1v) is 8.01. The fourth-order valence-electron chi connectivity index (χ4n) is 2.47. The number of carbonyl (C=O) groups excluding carboxylic acids is 1. The molecule has 1 fully saturated rings. The van der Waals surface area contributed by atoms with Gasteiger partial charge in [0, 0.05) is 5.75 Å². The molecule has 0 bridgehead atoms. The van der Waals surface area contributed by atoms with Crippen LogP contribution in [0.25, 0.3) is 0 Å². The number of nitrogens with two attached hydrogens (primary N) is 1. The molecule has 0 radical (unpaired) electrons. The highest BCUT2D eigenvalue weighted by molar-refractivity contribution is 7.99. The van der Waals surface area contributed by atoms with Gasteiger partial charge in [-0.3, -0.25) is 4.79 Å². The molecule has 0 spiro atoms. The van der Waals surface area contributed by atoms with Crippen molar-refractivity contribution in [3.63, 3.8) is 0 Å². The topological polar surface area (TPSA) is 98.7 Å². The monoisotopic (exact) mass is 298 g/mol. The summed E-state index contributed by atoms with van der Waals surface area (Å²) in [6, 6.07) is 0.395. The van der Waals surface area contributed by atoms with Crippen molar-refractivity contribution in [2.45, 2.75) is 56.3 Å². The molecule has 7 nitrogen and oxygen atoms in total. The first kappa shape index (κ1) is 15.2. The third-order valence-electron chi connectivity index (χ3n) is 3.73. The third kappa shape index (κ3) is 3.29. The Morgan fingerprint density at radius 2 is 2.25 bits per heavy atom. The molecule has 0 aliphatic heterocycles. The SMILES string of the molecule is CCNC(C)(CSc1nnnn1C1CCCC1)C(N)=O. The second-order valence-electron chi connectivity index (χ2n) is 5.36. The summed E-state index contributed by atoms with van der Waals surface area (Å²) < 4.78 is 1.89. The Bertz CT molecular complexity index is 459. The van der Waals surface area contributed by atoms with E-state index >= 15 is 0 Å². The van der Waals surface area contributed by atoms with Crippen LogP contribution in [0.4, 0.5) is 0 Å². The van der Waals surface area contributed by atoms with Crippen LogP contribution >= 0.6 is 11.8 Å². The van der Waals surface area contributed by atoms with E-state index in [1.54, 1.807) is 0 Å². The number of amides is 1. The maximum absolute atomic E-state index is 11.6. The van der Waals surface area contributed by atoms with E-state index in [4.69, 9.17) is 5.73 Å². The van der Waals surface area contributed by atoms with E-state index in [0.717, 1.165) is 18.0 Å². The molecule has 1 aromatic heterocycles. The molecule has 2 rings (SSSR count). The number of likely N-dealkylation sites (N-methyl/N-ethyl adjacent to an activating group) is 1. The van der Waals surface area contributed by atoms with E-state index in [1.165, 1.54) is 24.6 Å². The largest absolute Gasteiger partial charge is 0.368 e. The number of hydrogen-bond donors (Lipinski definition) is 2. The van der Waals surface area contributed by atoms with Crippen molar-refractivity contribution in [2.75, 3.05) is 12.3 Å². The Kier molecular flexibility index (Phi) is 4.98. The van der Waals surface area contributed by atoms with Gasteiger partial charge in [0.2, 0.25) is 11.1 Å². The van der Waals surface area contributed by atoms with Gasteiger partial charge in [0.1, 0.15) is 5.54 Å². The van der Waals surface area contributed by atoms with Gasteiger partial charge in [0.25, 0.3) is 0 Å². The smallest absolute Gasteiger partial charge is 0.238 e. The van der Waals surface area contributed by atoms with Crippen molar-refractivity contribution in [2.24, 2.45) is 5.73 Å². The Balaban J connectivity index is 2.03. The minimum atomic E-state index is -0.744. The van der Waals surface area contributed by atoms with Crippen LogP contribution in [0.15, 0.2) is 5.16 Å². The Hall–Kier alpha value is -1.15. The lowest BCUT2D eigenvalue weighted by Crippen LogP contribution is -2.55. The lowest BCUT2D eigenvalue weighted by Gasteiger charge is -2.26. The Labute approximate surface area is 123 Å². The molecule has 1 amide bonds. The summed E-state index contributed by atoms with van der Waals surface area (Å²) >= 11 is 1.48. The normalized spacial score (nSPS) is 19.1. The number of rotatable bonds is 7. The lowest BCUT2D eigenvalue weighted by molar-refractivity contribution is -0.122. The van der Waals surface area contributed by atoms with Crippen molar-refractivity contribution in [1.29, 1.82) is 0 Å². The Morgan fingerprint density at radius 3 is 2.85 bits per heavy atom.